The monoisotopic (exact) mass is 377 g/mol. The van der Waals surface area contributed by atoms with Crippen molar-refractivity contribution in [2.75, 3.05) is 13.1 Å². The summed E-state index contributed by atoms with van der Waals surface area (Å²) in [5.74, 6) is -0.985. The van der Waals surface area contributed by atoms with Crippen LogP contribution in [-0.4, -0.2) is 34.7 Å². The van der Waals surface area contributed by atoms with Crippen molar-refractivity contribution < 1.29 is 22.8 Å². The molecule has 1 fully saturated rings. The van der Waals surface area contributed by atoms with Gasteiger partial charge in [-0.05, 0) is 18.9 Å². The van der Waals surface area contributed by atoms with Crippen molar-refractivity contribution in [1.29, 1.82) is 5.26 Å². The summed E-state index contributed by atoms with van der Waals surface area (Å²) in [5, 5.41) is 9.26. The molecule has 0 N–H and O–H groups in total. The van der Waals surface area contributed by atoms with Gasteiger partial charge in [0.15, 0.2) is 5.78 Å². The molecule has 8 heteroatoms. The van der Waals surface area contributed by atoms with Crippen molar-refractivity contribution in [2.24, 2.45) is 10.8 Å². The summed E-state index contributed by atoms with van der Waals surface area (Å²) < 4.78 is 39.6. The SMILES string of the molecule is CC1(C)C[C@]2(C=C(C#N)C1=O)CCN(C(=O)c1cnccc1C(F)(F)F)C2. The Bertz CT molecular complexity index is 883. The Labute approximate surface area is 154 Å². The first-order chi connectivity index (χ1) is 12.5. The van der Waals surface area contributed by atoms with Crippen molar-refractivity contribution in [3.8, 4) is 6.07 Å². The van der Waals surface area contributed by atoms with Crippen LogP contribution in [0.3, 0.4) is 0 Å². The number of ketones is 1. The van der Waals surface area contributed by atoms with Crippen molar-refractivity contribution in [3.05, 3.63) is 41.2 Å². The fraction of sp³-hybridized carbons (Fsp3) is 0.474. The number of nitriles is 1. The average molecular weight is 377 g/mol. The number of amides is 1. The second kappa shape index (κ2) is 6.19. The number of nitrogens with zero attached hydrogens (tertiary/aromatic N) is 3. The smallest absolute Gasteiger partial charge is 0.338 e. The van der Waals surface area contributed by atoms with Crippen LogP contribution in [0.25, 0.3) is 0 Å². The molecule has 1 saturated heterocycles. The summed E-state index contributed by atoms with van der Waals surface area (Å²) in [6.45, 7) is 3.91. The molecule has 5 nitrogen and oxygen atoms in total. The molecular weight excluding hydrogens is 359 g/mol. The minimum atomic E-state index is -4.65. The van der Waals surface area contributed by atoms with Gasteiger partial charge in [-0.25, -0.2) is 0 Å². The highest BCUT2D eigenvalue weighted by molar-refractivity contribution is 6.04. The number of carbonyl (C=O) groups excluding carboxylic acids is 2. The van der Waals surface area contributed by atoms with E-state index in [1.807, 2.05) is 6.07 Å². The first kappa shape index (κ1) is 19.1. The molecular formula is C19H18F3N3O2. The maximum Gasteiger partial charge on any atom is 0.417 e. The van der Waals surface area contributed by atoms with Gasteiger partial charge in [0, 0.05) is 36.3 Å². The van der Waals surface area contributed by atoms with Crippen LogP contribution in [-0.2, 0) is 11.0 Å². The van der Waals surface area contributed by atoms with Crippen molar-refractivity contribution in [1.82, 2.24) is 9.88 Å². The fourth-order valence-corrected chi connectivity index (χ4v) is 4.14. The zero-order valence-corrected chi connectivity index (χ0v) is 14.9. The largest absolute Gasteiger partial charge is 0.417 e. The Morgan fingerprint density at radius 2 is 2.07 bits per heavy atom. The van der Waals surface area contributed by atoms with Gasteiger partial charge in [-0.1, -0.05) is 19.9 Å². The highest BCUT2D eigenvalue weighted by atomic mass is 19.4. The Hall–Kier alpha value is -2.69. The van der Waals surface area contributed by atoms with E-state index in [9.17, 15) is 28.0 Å². The minimum absolute atomic E-state index is 0.0536. The van der Waals surface area contributed by atoms with Crippen molar-refractivity contribution >= 4 is 11.7 Å². The van der Waals surface area contributed by atoms with Crippen LogP contribution in [0, 0.1) is 22.2 Å². The molecule has 1 aromatic heterocycles. The number of allylic oxidation sites excluding steroid dienone is 1. The van der Waals surface area contributed by atoms with E-state index in [-0.39, 0.29) is 24.4 Å². The lowest BCUT2D eigenvalue weighted by Gasteiger charge is -2.38. The van der Waals surface area contributed by atoms with Crippen molar-refractivity contribution in [3.63, 3.8) is 0 Å². The highest BCUT2D eigenvalue weighted by Gasteiger charge is 2.49. The Morgan fingerprint density at radius 3 is 2.70 bits per heavy atom. The second-order valence-electron chi connectivity index (χ2n) is 7.82. The third-order valence-electron chi connectivity index (χ3n) is 5.25. The third kappa shape index (κ3) is 3.34. The van der Waals surface area contributed by atoms with E-state index in [2.05, 4.69) is 4.98 Å². The zero-order chi connectivity index (χ0) is 20.0. The lowest BCUT2D eigenvalue weighted by molar-refractivity contribution is -0.138. The van der Waals surface area contributed by atoms with Crippen LogP contribution in [0.4, 0.5) is 13.2 Å². The number of aromatic nitrogens is 1. The predicted octanol–water partition coefficient (Wildman–Crippen LogP) is 3.38. The summed E-state index contributed by atoms with van der Waals surface area (Å²) in [6, 6.07) is 2.70. The second-order valence-corrected chi connectivity index (χ2v) is 7.82. The molecule has 0 aromatic carbocycles. The molecule has 2 heterocycles. The van der Waals surface area contributed by atoms with Gasteiger partial charge in [-0.15, -0.1) is 0 Å². The molecule has 1 spiro atoms. The Morgan fingerprint density at radius 1 is 1.37 bits per heavy atom. The fourth-order valence-electron chi connectivity index (χ4n) is 4.14. The van der Waals surface area contributed by atoms with E-state index in [0.717, 1.165) is 18.5 Å². The maximum absolute atomic E-state index is 13.2. The molecule has 0 unspecified atom stereocenters. The molecule has 1 aliphatic carbocycles. The molecule has 142 valence electrons. The standard InChI is InChI=1S/C19H18F3N3O2/c1-17(2)10-18(7-12(8-23)15(17)26)4-6-25(11-18)16(27)13-9-24-5-3-14(13)19(20,21)22/h3,5,7,9H,4,6,10-11H2,1-2H3/t18-/m1/s1. The summed E-state index contributed by atoms with van der Waals surface area (Å²) in [6.07, 6.45) is -0.196. The highest BCUT2D eigenvalue weighted by Crippen LogP contribution is 2.48. The number of alkyl halides is 3. The first-order valence-corrected chi connectivity index (χ1v) is 8.47. The van der Waals surface area contributed by atoms with Gasteiger partial charge < -0.3 is 4.90 Å². The normalized spacial score (nSPS) is 24.7. The number of pyridine rings is 1. The molecule has 2 aliphatic rings. The van der Waals surface area contributed by atoms with Gasteiger partial charge >= 0.3 is 6.18 Å². The van der Waals surface area contributed by atoms with E-state index in [1.165, 1.54) is 4.90 Å². The van der Waals surface area contributed by atoms with Crippen LogP contribution in [0.1, 0.15) is 42.6 Å². The maximum atomic E-state index is 13.2. The molecule has 0 bridgehead atoms. The van der Waals surface area contributed by atoms with E-state index in [0.29, 0.717) is 12.8 Å². The minimum Gasteiger partial charge on any atom is -0.338 e. The van der Waals surface area contributed by atoms with Gasteiger partial charge in [0.1, 0.15) is 6.07 Å². The van der Waals surface area contributed by atoms with Crippen LogP contribution in [0.2, 0.25) is 0 Å². The third-order valence-corrected chi connectivity index (χ3v) is 5.25. The predicted molar refractivity (Wildman–Crippen MR) is 89.3 cm³/mol. The summed E-state index contributed by atoms with van der Waals surface area (Å²) in [7, 11) is 0. The lowest BCUT2D eigenvalue weighted by atomic mass is 9.64. The van der Waals surface area contributed by atoms with Gasteiger partial charge in [0.25, 0.3) is 5.91 Å². The molecule has 3 rings (SSSR count). The van der Waals surface area contributed by atoms with Gasteiger partial charge in [-0.2, -0.15) is 18.4 Å². The first-order valence-electron chi connectivity index (χ1n) is 8.47. The number of likely N-dealkylation sites (tertiary alicyclic amines) is 1. The van der Waals surface area contributed by atoms with Crippen LogP contribution in [0.5, 0.6) is 0 Å². The molecule has 1 amide bonds. The molecule has 0 saturated carbocycles. The van der Waals surface area contributed by atoms with Crippen LogP contribution in [0.15, 0.2) is 30.1 Å². The number of halogens is 3. The topological polar surface area (TPSA) is 74.1 Å². The van der Waals surface area contributed by atoms with E-state index in [1.54, 1.807) is 19.9 Å². The molecule has 1 aliphatic heterocycles. The number of carbonyl (C=O) groups is 2. The zero-order valence-electron chi connectivity index (χ0n) is 14.9. The molecule has 1 atom stereocenters. The van der Waals surface area contributed by atoms with Crippen LogP contribution >= 0.6 is 0 Å². The summed E-state index contributed by atoms with van der Waals surface area (Å²) in [5.41, 5.74) is -2.80. The summed E-state index contributed by atoms with van der Waals surface area (Å²) >= 11 is 0. The number of hydrogen-bond donors (Lipinski definition) is 0. The molecule has 27 heavy (non-hydrogen) atoms. The van der Waals surface area contributed by atoms with E-state index in [4.69, 9.17) is 0 Å². The molecule has 0 radical (unpaired) electrons. The number of Topliss-reactive ketones (excluding diaryl/α,β-unsaturated/α-hetero) is 1. The summed E-state index contributed by atoms with van der Waals surface area (Å²) in [4.78, 5) is 30.1. The molecule has 1 aromatic rings. The Balaban J connectivity index is 1.92. The van der Waals surface area contributed by atoms with Gasteiger partial charge in [0.05, 0.1) is 16.7 Å². The van der Waals surface area contributed by atoms with Crippen molar-refractivity contribution in [2.45, 2.75) is 32.9 Å². The van der Waals surface area contributed by atoms with Crippen LogP contribution < -0.4 is 0 Å². The number of hydrogen-bond acceptors (Lipinski definition) is 4. The van der Waals surface area contributed by atoms with E-state index >= 15 is 0 Å². The van der Waals surface area contributed by atoms with E-state index < -0.39 is 34.0 Å². The number of rotatable bonds is 1. The van der Waals surface area contributed by atoms with Gasteiger partial charge in [-0.3, -0.25) is 14.6 Å². The lowest BCUT2D eigenvalue weighted by Crippen LogP contribution is -2.41. The average Bonchev–Trinajstić information content (AvgIpc) is 2.99. The van der Waals surface area contributed by atoms with Gasteiger partial charge in [0.2, 0.25) is 0 Å². The quantitative estimate of drug-likeness (QED) is 0.752. The Kier molecular flexibility index (Phi) is 4.37.